The molecular formula is C20H23FN6OS. The summed E-state index contributed by atoms with van der Waals surface area (Å²) in [6.07, 6.45) is 5.10. The van der Waals surface area contributed by atoms with E-state index in [4.69, 9.17) is 0 Å². The Bertz CT molecular complexity index is 1040. The topological polar surface area (TPSA) is 70.3 Å². The van der Waals surface area contributed by atoms with Gasteiger partial charge in [0.1, 0.15) is 11.9 Å². The Labute approximate surface area is 172 Å². The van der Waals surface area contributed by atoms with Crippen LogP contribution in [0.1, 0.15) is 13.3 Å². The van der Waals surface area contributed by atoms with Gasteiger partial charge in [0.2, 0.25) is 5.13 Å². The first kappa shape index (κ1) is 18.5. The SMILES string of the molecule is CN(c1nnc(-c2ccc(-n3ccnc3)cc2O)s1)[C@@H]1[C@H]2CN(C)[C@](C)(C2)[C@@H]1F. The van der Waals surface area contributed by atoms with Gasteiger partial charge in [0.25, 0.3) is 0 Å². The second-order valence-electron chi connectivity index (χ2n) is 8.27. The van der Waals surface area contributed by atoms with Crippen molar-refractivity contribution in [1.29, 1.82) is 0 Å². The number of phenols is 1. The highest BCUT2D eigenvalue weighted by atomic mass is 32.1. The zero-order valence-corrected chi connectivity index (χ0v) is 17.3. The summed E-state index contributed by atoms with van der Waals surface area (Å²) in [5.41, 5.74) is 1.02. The molecule has 1 saturated heterocycles. The number of phenolic OH excluding ortho intramolecular Hbond substituents is 1. The molecule has 1 aliphatic heterocycles. The number of likely N-dealkylation sites (tertiary alicyclic amines) is 1. The largest absolute Gasteiger partial charge is 0.507 e. The van der Waals surface area contributed by atoms with E-state index in [1.807, 2.05) is 48.8 Å². The molecule has 1 N–H and O–H groups in total. The van der Waals surface area contributed by atoms with Crippen LogP contribution in [0, 0.1) is 5.92 Å². The molecule has 1 aromatic carbocycles. The van der Waals surface area contributed by atoms with Gasteiger partial charge in [-0.2, -0.15) is 0 Å². The molecule has 2 fully saturated rings. The molecule has 4 atom stereocenters. The third kappa shape index (κ3) is 2.75. The van der Waals surface area contributed by atoms with Crippen LogP contribution in [-0.2, 0) is 0 Å². The number of benzene rings is 1. The van der Waals surface area contributed by atoms with Gasteiger partial charge in [0.05, 0.1) is 29.2 Å². The molecular weight excluding hydrogens is 391 g/mol. The van der Waals surface area contributed by atoms with Gasteiger partial charge in [-0.05, 0) is 38.4 Å². The van der Waals surface area contributed by atoms with Gasteiger partial charge in [0, 0.05) is 32.1 Å². The van der Waals surface area contributed by atoms with Gasteiger partial charge < -0.3 is 14.6 Å². The first-order chi connectivity index (χ1) is 13.9. The van der Waals surface area contributed by atoms with E-state index in [9.17, 15) is 5.11 Å². The van der Waals surface area contributed by atoms with Crippen molar-refractivity contribution in [3.63, 3.8) is 0 Å². The molecule has 9 heteroatoms. The zero-order valence-electron chi connectivity index (χ0n) is 16.5. The number of alkyl halides is 1. The predicted molar refractivity (Wildman–Crippen MR) is 110 cm³/mol. The second kappa shape index (κ2) is 6.50. The monoisotopic (exact) mass is 414 g/mol. The summed E-state index contributed by atoms with van der Waals surface area (Å²) in [5.74, 6) is 0.402. The fourth-order valence-corrected chi connectivity index (χ4v) is 5.73. The third-order valence-corrected chi connectivity index (χ3v) is 7.66. The van der Waals surface area contributed by atoms with Gasteiger partial charge in [-0.1, -0.05) is 11.3 Å². The summed E-state index contributed by atoms with van der Waals surface area (Å²) in [6, 6.07) is 5.19. The van der Waals surface area contributed by atoms with Gasteiger partial charge in [-0.3, -0.25) is 4.90 Å². The van der Waals surface area contributed by atoms with Crippen molar-refractivity contribution in [2.24, 2.45) is 5.92 Å². The van der Waals surface area contributed by atoms with Crippen LogP contribution >= 0.6 is 11.3 Å². The zero-order chi connectivity index (χ0) is 20.3. The standard InChI is InChI=1S/C20H23FN6OS/c1-20-9-12(10-25(20)2)16(17(20)21)26(3)19-24-23-18(29-19)14-5-4-13(8-15(14)28)27-7-6-22-11-27/h4-8,11-12,16-17,28H,9-10H2,1-3H3/t12-,16-,17-,20-/m1/s1. The number of rotatable bonds is 4. The van der Waals surface area contributed by atoms with Crippen molar-refractivity contribution in [2.45, 2.75) is 31.1 Å². The molecule has 1 saturated carbocycles. The number of nitrogens with zero attached hydrogens (tertiary/aromatic N) is 6. The fourth-order valence-electron chi connectivity index (χ4n) is 4.85. The molecule has 3 heterocycles. The molecule has 29 heavy (non-hydrogen) atoms. The summed E-state index contributed by atoms with van der Waals surface area (Å²) in [7, 11) is 3.90. The molecule has 0 spiro atoms. The molecule has 0 radical (unpaired) electrons. The molecule has 2 aliphatic rings. The minimum Gasteiger partial charge on any atom is -0.507 e. The Morgan fingerprint density at radius 1 is 1.34 bits per heavy atom. The number of hydrogen-bond donors (Lipinski definition) is 1. The maximum absolute atomic E-state index is 15.3. The van der Waals surface area contributed by atoms with Crippen molar-refractivity contribution in [1.82, 2.24) is 24.6 Å². The quantitative estimate of drug-likeness (QED) is 0.708. The Kier molecular flexibility index (Phi) is 4.15. The highest BCUT2D eigenvalue weighted by Crippen LogP contribution is 2.50. The fraction of sp³-hybridized carbons (Fsp3) is 0.450. The number of hydrogen-bond acceptors (Lipinski definition) is 7. The maximum atomic E-state index is 15.3. The highest BCUT2D eigenvalue weighted by Gasteiger charge is 2.60. The lowest BCUT2D eigenvalue weighted by atomic mass is 9.95. The van der Waals surface area contributed by atoms with Crippen molar-refractivity contribution in [3.8, 4) is 22.0 Å². The van der Waals surface area contributed by atoms with Gasteiger partial charge in [-0.25, -0.2) is 9.37 Å². The third-order valence-electron chi connectivity index (χ3n) is 6.61. The van der Waals surface area contributed by atoms with Crippen LogP contribution in [0.2, 0.25) is 0 Å². The van der Waals surface area contributed by atoms with E-state index >= 15 is 4.39 Å². The van der Waals surface area contributed by atoms with E-state index < -0.39 is 11.7 Å². The maximum Gasteiger partial charge on any atom is 0.208 e. The minimum absolute atomic E-state index is 0.124. The summed E-state index contributed by atoms with van der Waals surface area (Å²) < 4.78 is 17.1. The van der Waals surface area contributed by atoms with Crippen LogP contribution < -0.4 is 4.90 Å². The molecule has 0 amide bonds. The summed E-state index contributed by atoms with van der Waals surface area (Å²) in [5, 5.41) is 20.4. The number of fused-ring (bicyclic) bond motifs is 2. The van der Waals surface area contributed by atoms with Gasteiger partial charge in [-0.15, -0.1) is 10.2 Å². The van der Waals surface area contributed by atoms with E-state index in [1.54, 1.807) is 18.6 Å². The highest BCUT2D eigenvalue weighted by molar-refractivity contribution is 7.18. The van der Waals surface area contributed by atoms with Crippen LogP contribution in [-0.4, -0.2) is 68.1 Å². The molecule has 3 aromatic rings. The second-order valence-corrected chi connectivity index (χ2v) is 9.22. The number of halogens is 1. The van der Waals surface area contributed by atoms with E-state index in [-0.39, 0.29) is 17.7 Å². The van der Waals surface area contributed by atoms with E-state index in [0.29, 0.717) is 15.7 Å². The summed E-state index contributed by atoms with van der Waals surface area (Å²) in [6.45, 7) is 2.91. The summed E-state index contributed by atoms with van der Waals surface area (Å²) >= 11 is 1.37. The van der Waals surface area contributed by atoms with Crippen molar-refractivity contribution in [3.05, 3.63) is 36.9 Å². The number of imidazole rings is 1. The van der Waals surface area contributed by atoms with Crippen LogP contribution in [0.3, 0.4) is 0 Å². The van der Waals surface area contributed by atoms with Crippen LogP contribution in [0.4, 0.5) is 9.52 Å². The molecule has 2 aromatic heterocycles. The lowest BCUT2D eigenvalue weighted by molar-refractivity contribution is 0.0573. The molecule has 1 aliphatic carbocycles. The van der Waals surface area contributed by atoms with Crippen molar-refractivity contribution < 1.29 is 9.50 Å². The predicted octanol–water partition coefficient (Wildman–Crippen LogP) is 2.96. The molecule has 5 rings (SSSR count). The van der Waals surface area contributed by atoms with E-state index in [1.165, 1.54) is 11.3 Å². The lowest BCUT2D eigenvalue weighted by Gasteiger charge is -2.42. The van der Waals surface area contributed by atoms with Crippen molar-refractivity contribution >= 4 is 16.5 Å². The van der Waals surface area contributed by atoms with Crippen LogP contribution in [0.15, 0.2) is 36.9 Å². The molecule has 7 nitrogen and oxygen atoms in total. The van der Waals surface area contributed by atoms with Gasteiger partial charge in [0.15, 0.2) is 5.01 Å². The average molecular weight is 415 g/mol. The Hall–Kier alpha value is -2.52. The van der Waals surface area contributed by atoms with E-state index in [0.717, 1.165) is 18.7 Å². The average Bonchev–Trinajstić information content (AvgIpc) is 3.45. The smallest absolute Gasteiger partial charge is 0.208 e. The molecule has 2 bridgehead atoms. The number of aromatic hydroxyl groups is 1. The Balaban J connectivity index is 1.40. The Morgan fingerprint density at radius 3 is 2.83 bits per heavy atom. The molecule has 0 unspecified atom stereocenters. The lowest BCUT2D eigenvalue weighted by Crippen LogP contribution is -2.57. The number of aromatic nitrogens is 4. The van der Waals surface area contributed by atoms with Crippen molar-refractivity contribution in [2.75, 3.05) is 25.5 Å². The van der Waals surface area contributed by atoms with E-state index in [2.05, 4.69) is 20.1 Å². The first-order valence-electron chi connectivity index (χ1n) is 9.62. The Morgan fingerprint density at radius 2 is 2.17 bits per heavy atom. The first-order valence-corrected chi connectivity index (χ1v) is 10.4. The van der Waals surface area contributed by atoms with Crippen LogP contribution in [0.5, 0.6) is 5.75 Å². The number of anilines is 1. The molecule has 152 valence electrons. The van der Waals surface area contributed by atoms with Crippen LogP contribution in [0.25, 0.3) is 16.3 Å². The van der Waals surface area contributed by atoms with Gasteiger partial charge >= 0.3 is 0 Å². The summed E-state index contributed by atoms with van der Waals surface area (Å²) in [4.78, 5) is 8.10. The number of piperidine rings is 1. The normalized spacial score (nSPS) is 28.9. The minimum atomic E-state index is -0.938.